The highest BCUT2D eigenvalue weighted by atomic mass is 16.2. The lowest BCUT2D eigenvalue weighted by atomic mass is 9.93. The molecule has 0 radical (unpaired) electrons. The maximum absolute atomic E-state index is 13.0. The topological polar surface area (TPSA) is 203 Å². The minimum atomic E-state index is -0.818. The number of hydrogen-bond donors (Lipinski definition) is 4. The highest BCUT2D eigenvalue weighted by molar-refractivity contribution is 6.12. The first kappa shape index (κ1) is 43.2. The summed E-state index contributed by atoms with van der Waals surface area (Å²) in [6.07, 6.45) is 10.4. The van der Waals surface area contributed by atoms with E-state index in [0.29, 0.717) is 76.9 Å². The van der Waals surface area contributed by atoms with Crippen molar-refractivity contribution in [2.24, 2.45) is 16.9 Å². The third-order valence-corrected chi connectivity index (χ3v) is 10.5. The normalized spacial score (nSPS) is 17.3. The van der Waals surface area contributed by atoms with Gasteiger partial charge in [0.1, 0.15) is 12.1 Å². The molecular formula is C42H55N9O7. The van der Waals surface area contributed by atoms with Crippen molar-refractivity contribution in [2.75, 3.05) is 25.0 Å². The number of carbonyl (C=O) groups is 7. The third-order valence-electron chi connectivity index (χ3n) is 10.5. The first-order valence-corrected chi connectivity index (χ1v) is 20.2. The molecule has 16 nitrogen and oxygen atoms in total. The molecule has 0 aliphatic carbocycles. The standard InChI is InChI=1S/C42H55N9O7/c1-27(2)38(47-34(52)11-7-5-9-21-50-35(53)16-17-36(50)54)41(57)45-29(4)40(56)44-19-8-6-10-22-51-37(55)23-28(3)39(48-51)30-12-14-33(15-13-30)46-42(58)49-25-31-18-20-43-24-32(31)26-49/h12-18,20,24,27-29,38H,5-11,19,21-23,25-26H2,1-4H3,(H,44,56)(H,45,57)(H,46,58)(H,47,52)/t28-,29-,38-/m1/s1. The van der Waals surface area contributed by atoms with E-state index in [0.717, 1.165) is 28.8 Å². The smallest absolute Gasteiger partial charge is 0.322 e. The summed E-state index contributed by atoms with van der Waals surface area (Å²) in [7, 11) is 0. The molecular weight excluding hydrogens is 743 g/mol. The zero-order valence-corrected chi connectivity index (χ0v) is 33.8. The summed E-state index contributed by atoms with van der Waals surface area (Å²) < 4.78 is 0. The Morgan fingerprint density at radius 2 is 1.50 bits per heavy atom. The number of aromatic nitrogens is 1. The average molecular weight is 798 g/mol. The zero-order chi connectivity index (χ0) is 41.8. The van der Waals surface area contributed by atoms with Crippen molar-refractivity contribution in [3.05, 3.63) is 71.6 Å². The number of rotatable bonds is 19. The number of fused-ring (bicyclic) bond motifs is 1. The Balaban J connectivity index is 0.974. The van der Waals surface area contributed by atoms with Crippen molar-refractivity contribution in [1.82, 2.24) is 35.7 Å². The first-order valence-electron chi connectivity index (χ1n) is 20.2. The number of anilines is 1. The number of hydrogen-bond acceptors (Lipinski definition) is 9. The molecule has 2 aromatic rings. The monoisotopic (exact) mass is 797 g/mol. The summed E-state index contributed by atoms with van der Waals surface area (Å²) in [6, 6.07) is 7.60. The second-order valence-corrected chi connectivity index (χ2v) is 15.5. The van der Waals surface area contributed by atoms with E-state index in [1.54, 1.807) is 24.2 Å². The van der Waals surface area contributed by atoms with Gasteiger partial charge in [0.2, 0.25) is 23.6 Å². The van der Waals surface area contributed by atoms with Gasteiger partial charge in [-0.05, 0) is 79.8 Å². The number of benzene rings is 1. The fraction of sp³-hybridized carbons (Fsp3) is 0.500. The summed E-state index contributed by atoms with van der Waals surface area (Å²) in [5.74, 6) is -2.05. The van der Waals surface area contributed by atoms with Crippen LogP contribution in [0.15, 0.2) is 60.0 Å². The van der Waals surface area contributed by atoms with Crippen LogP contribution in [0.5, 0.6) is 0 Å². The van der Waals surface area contributed by atoms with Crippen molar-refractivity contribution in [3.63, 3.8) is 0 Å². The SMILES string of the molecule is CC(C)[C@@H](NC(=O)CCCCCN1C(=O)C=CC1=O)C(=O)N[C@H](C)C(=O)NCCCCCN1N=C(c2ccc(NC(=O)N3Cc4ccncc4C3)cc2)[C@H](C)CC1=O. The molecule has 0 bridgehead atoms. The van der Waals surface area contributed by atoms with E-state index in [2.05, 4.69) is 26.3 Å². The molecule has 3 aliphatic rings. The number of carbonyl (C=O) groups excluding carboxylic acids is 7. The van der Waals surface area contributed by atoms with Gasteiger partial charge in [0, 0.05) is 81.7 Å². The van der Waals surface area contributed by atoms with Gasteiger partial charge >= 0.3 is 6.03 Å². The minimum absolute atomic E-state index is 0.0425. The number of nitrogens with one attached hydrogen (secondary N) is 4. The van der Waals surface area contributed by atoms with Crippen molar-refractivity contribution < 1.29 is 33.6 Å². The molecule has 4 N–H and O–H groups in total. The predicted octanol–water partition coefficient (Wildman–Crippen LogP) is 3.62. The fourth-order valence-electron chi connectivity index (χ4n) is 7.02. The highest BCUT2D eigenvalue weighted by Gasteiger charge is 2.29. The van der Waals surface area contributed by atoms with Crippen LogP contribution < -0.4 is 21.3 Å². The molecule has 0 saturated heterocycles. The van der Waals surface area contributed by atoms with Gasteiger partial charge < -0.3 is 26.2 Å². The fourth-order valence-corrected chi connectivity index (χ4v) is 7.02. The van der Waals surface area contributed by atoms with Gasteiger partial charge in [-0.25, -0.2) is 9.80 Å². The van der Waals surface area contributed by atoms with Crippen LogP contribution in [0.4, 0.5) is 10.5 Å². The minimum Gasteiger partial charge on any atom is -0.354 e. The number of hydrazone groups is 1. The average Bonchev–Trinajstić information content (AvgIpc) is 3.78. The lowest BCUT2D eigenvalue weighted by molar-refractivity contribution is -0.137. The Bertz CT molecular complexity index is 1870. The van der Waals surface area contributed by atoms with Crippen LogP contribution in [-0.4, -0.2) is 98.7 Å². The van der Waals surface area contributed by atoms with Gasteiger partial charge in [0.25, 0.3) is 11.8 Å². The summed E-state index contributed by atoms with van der Waals surface area (Å²) >= 11 is 0. The second kappa shape index (κ2) is 20.5. The van der Waals surface area contributed by atoms with Crippen LogP contribution in [0.3, 0.4) is 0 Å². The Morgan fingerprint density at radius 1 is 0.810 bits per heavy atom. The van der Waals surface area contributed by atoms with Crippen LogP contribution in [0.25, 0.3) is 0 Å². The predicted molar refractivity (Wildman–Crippen MR) is 217 cm³/mol. The van der Waals surface area contributed by atoms with Gasteiger partial charge in [-0.2, -0.15) is 5.10 Å². The second-order valence-electron chi connectivity index (χ2n) is 15.5. The van der Waals surface area contributed by atoms with Crippen molar-refractivity contribution in [1.29, 1.82) is 0 Å². The van der Waals surface area contributed by atoms with Gasteiger partial charge in [-0.15, -0.1) is 0 Å². The maximum atomic E-state index is 13.0. The van der Waals surface area contributed by atoms with Gasteiger partial charge in [0.05, 0.1) is 5.71 Å². The molecule has 1 aromatic carbocycles. The van der Waals surface area contributed by atoms with E-state index >= 15 is 0 Å². The molecule has 3 aliphatic heterocycles. The van der Waals surface area contributed by atoms with E-state index < -0.39 is 18.0 Å². The number of amides is 8. The van der Waals surface area contributed by atoms with E-state index in [4.69, 9.17) is 5.10 Å². The van der Waals surface area contributed by atoms with Crippen LogP contribution >= 0.6 is 0 Å². The molecule has 3 atom stereocenters. The molecule has 8 amide bonds. The van der Waals surface area contributed by atoms with Crippen molar-refractivity contribution in [3.8, 4) is 0 Å². The molecule has 0 spiro atoms. The van der Waals surface area contributed by atoms with E-state index in [-0.39, 0.29) is 53.8 Å². The quantitative estimate of drug-likeness (QED) is 0.122. The van der Waals surface area contributed by atoms with Crippen LogP contribution in [-0.2, 0) is 41.9 Å². The van der Waals surface area contributed by atoms with Crippen molar-refractivity contribution >= 4 is 52.9 Å². The summed E-state index contributed by atoms with van der Waals surface area (Å²) in [5, 5.41) is 17.5. The van der Waals surface area contributed by atoms with Crippen LogP contribution in [0.1, 0.15) is 95.8 Å². The molecule has 16 heteroatoms. The molecule has 0 unspecified atom stereocenters. The maximum Gasteiger partial charge on any atom is 0.322 e. The number of nitrogens with zero attached hydrogens (tertiary/aromatic N) is 5. The Morgan fingerprint density at radius 3 is 2.21 bits per heavy atom. The van der Waals surface area contributed by atoms with Gasteiger partial charge in [-0.1, -0.05) is 39.3 Å². The summed E-state index contributed by atoms with van der Waals surface area (Å²) in [6.45, 7) is 9.38. The Labute approximate surface area is 339 Å². The zero-order valence-electron chi connectivity index (χ0n) is 33.8. The summed E-state index contributed by atoms with van der Waals surface area (Å²) in [4.78, 5) is 94.5. The van der Waals surface area contributed by atoms with Gasteiger partial charge in [0.15, 0.2) is 0 Å². The lowest BCUT2D eigenvalue weighted by Crippen LogP contribution is -2.54. The molecule has 0 fully saturated rings. The molecule has 0 saturated carbocycles. The molecule has 5 rings (SSSR count). The highest BCUT2D eigenvalue weighted by Crippen LogP contribution is 2.25. The molecule has 4 heterocycles. The first-order chi connectivity index (χ1) is 27.8. The molecule has 310 valence electrons. The Hall–Kier alpha value is -5.93. The van der Waals surface area contributed by atoms with Crippen LogP contribution in [0.2, 0.25) is 0 Å². The van der Waals surface area contributed by atoms with Crippen molar-refractivity contribution in [2.45, 2.75) is 104 Å². The number of urea groups is 1. The van der Waals surface area contributed by atoms with E-state index in [1.165, 1.54) is 22.1 Å². The number of imide groups is 1. The van der Waals surface area contributed by atoms with Gasteiger partial charge in [-0.3, -0.25) is 38.7 Å². The van der Waals surface area contributed by atoms with Crippen LogP contribution in [0, 0.1) is 11.8 Å². The molecule has 58 heavy (non-hydrogen) atoms. The number of pyridine rings is 1. The largest absolute Gasteiger partial charge is 0.354 e. The number of unbranched alkanes of at least 4 members (excludes halogenated alkanes) is 4. The molecule has 1 aromatic heterocycles. The van der Waals surface area contributed by atoms with E-state index in [9.17, 15) is 33.6 Å². The third kappa shape index (κ3) is 11.8. The summed E-state index contributed by atoms with van der Waals surface area (Å²) in [5.41, 5.74) is 4.50. The Kier molecular flexibility index (Phi) is 15.3. The van der Waals surface area contributed by atoms with E-state index in [1.807, 2.05) is 51.1 Å². The lowest BCUT2D eigenvalue weighted by Gasteiger charge is -2.28.